The van der Waals surface area contributed by atoms with Gasteiger partial charge in [-0.3, -0.25) is 9.69 Å². The lowest BCUT2D eigenvalue weighted by atomic mass is 10.1. The topological polar surface area (TPSA) is 36.0 Å². The molecular weight excluding hydrogens is 242 g/mol. The van der Waals surface area contributed by atoms with Gasteiger partial charge in [-0.05, 0) is 33.4 Å². The summed E-state index contributed by atoms with van der Waals surface area (Å²) in [5, 5.41) is 0. The highest BCUT2D eigenvalue weighted by molar-refractivity contribution is 5.81. The number of likely N-dealkylation sites (tertiary alicyclic amines) is 1. The molecule has 5 heteroatoms. The standard InChI is InChI=1S/C14H25N3O2/c1-15-7-8-19-13(10-15)14(18)17-6-5-11-3-4-12(9-17)16(11)2/h11-13H,3-10H2,1-2H3/t11-,12+,13+/m1/s1. The largest absolute Gasteiger partial charge is 0.366 e. The zero-order valence-electron chi connectivity index (χ0n) is 12.0. The molecule has 0 N–H and O–H groups in total. The third-order valence-electron chi connectivity index (χ3n) is 5.01. The van der Waals surface area contributed by atoms with Crippen LogP contribution in [0.25, 0.3) is 0 Å². The minimum atomic E-state index is -0.249. The summed E-state index contributed by atoms with van der Waals surface area (Å²) in [6.07, 6.45) is 3.39. The molecule has 0 aromatic heterocycles. The molecule has 3 aliphatic rings. The summed E-state index contributed by atoms with van der Waals surface area (Å²) in [5.41, 5.74) is 0. The van der Waals surface area contributed by atoms with Gasteiger partial charge in [-0.2, -0.15) is 0 Å². The maximum Gasteiger partial charge on any atom is 0.253 e. The molecule has 0 aromatic rings. The lowest BCUT2D eigenvalue weighted by Crippen LogP contribution is -2.51. The van der Waals surface area contributed by atoms with E-state index < -0.39 is 0 Å². The quantitative estimate of drug-likeness (QED) is 0.671. The molecule has 19 heavy (non-hydrogen) atoms. The Morgan fingerprint density at radius 2 is 1.84 bits per heavy atom. The molecule has 2 bridgehead atoms. The van der Waals surface area contributed by atoms with Crippen LogP contribution in [0.5, 0.6) is 0 Å². The predicted octanol–water partition coefficient (Wildman–Crippen LogP) is 0.0121. The number of hydrogen-bond donors (Lipinski definition) is 0. The van der Waals surface area contributed by atoms with Crippen molar-refractivity contribution in [3.05, 3.63) is 0 Å². The lowest BCUT2D eigenvalue weighted by Gasteiger charge is -2.34. The van der Waals surface area contributed by atoms with Crippen molar-refractivity contribution in [2.45, 2.75) is 37.5 Å². The smallest absolute Gasteiger partial charge is 0.253 e. The van der Waals surface area contributed by atoms with Crippen molar-refractivity contribution in [2.75, 3.05) is 46.9 Å². The second-order valence-electron chi connectivity index (χ2n) is 6.25. The van der Waals surface area contributed by atoms with Crippen molar-refractivity contribution >= 4 is 5.91 Å². The van der Waals surface area contributed by atoms with Crippen molar-refractivity contribution in [1.82, 2.24) is 14.7 Å². The van der Waals surface area contributed by atoms with E-state index in [9.17, 15) is 4.79 Å². The van der Waals surface area contributed by atoms with E-state index in [1.54, 1.807) is 0 Å². The van der Waals surface area contributed by atoms with Crippen LogP contribution in [0.2, 0.25) is 0 Å². The van der Waals surface area contributed by atoms with Gasteiger partial charge in [0.15, 0.2) is 0 Å². The highest BCUT2D eigenvalue weighted by atomic mass is 16.5. The van der Waals surface area contributed by atoms with E-state index in [2.05, 4.69) is 23.9 Å². The third kappa shape index (κ3) is 2.64. The number of hydrogen-bond acceptors (Lipinski definition) is 4. The normalized spacial score (nSPS) is 37.4. The number of carbonyl (C=O) groups excluding carboxylic acids is 1. The van der Waals surface area contributed by atoms with E-state index in [4.69, 9.17) is 4.74 Å². The first-order valence-electron chi connectivity index (χ1n) is 7.46. The Kier molecular flexibility index (Phi) is 3.78. The molecule has 3 atom stereocenters. The minimum absolute atomic E-state index is 0.201. The van der Waals surface area contributed by atoms with E-state index in [1.807, 2.05) is 4.90 Å². The number of nitrogens with zero attached hydrogens (tertiary/aromatic N) is 3. The zero-order valence-corrected chi connectivity index (χ0v) is 12.0. The van der Waals surface area contributed by atoms with Gasteiger partial charge in [0.1, 0.15) is 6.10 Å². The van der Waals surface area contributed by atoms with E-state index in [0.29, 0.717) is 18.7 Å². The van der Waals surface area contributed by atoms with Crippen molar-refractivity contribution in [1.29, 1.82) is 0 Å². The lowest BCUT2D eigenvalue weighted by molar-refractivity contribution is -0.149. The summed E-state index contributed by atoms with van der Waals surface area (Å²) < 4.78 is 5.66. The molecule has 0 spiro atoms. The predicted molar refractivity (Wildman–Crippen MR) is 73.0 cm³/mol. The summed E-state index contributed by atoms with van der Waals surface area (Å²) in [7, 11) is 4.27. The van der Waals surface area contributed by atoms with E-state index in [0.717, 1.165) is 32.6 Å². The van der Waals surface area contributed by atoms with Gasteiger partial charge in [-0.1, -0.05) is 0 Å². The molecule has 5 nitrogen and oxygen atoms in total. The fourth-order valence-electron chi connectivity index (χ4n) is 3.64. The van der Waals surface area contributed by atoms with Crippen molar-refractivity contribution < 1.29 is 9.53 Å². The monoisotopic (exact) mass is 267 g/mol. The number of fused-ring (bicyclic) bond motifs is 2. The maximum absolute atomic E-state index is 12.6. The van der Waals surface area contributed by atoms with Gasteiger partial charge in [0.2, 0.25) is 0 Å². The molecule has 0 unspecified atom stereocenters. The van der Waals surface area contributed by atoms with E-state index in [1.165, 1.54) is 12.8 Å². The Balaban J connectivity index is 1.64. The van der Waals surface area contributed by atoms with Crippen LogP contribution < -0.4 is 0 Å². The number of rotatable bonds is 1. The SMILES string of the molecule is CN1CCO[C@H](C(=O)N2CC[C@H]3CC[C@@H](C2)N3C)C1. The summed E-state index contributed by atoms with van der Waals surface area (Å²) in [6.45, 7) is 4.12. The fourth-order valence-corrected chi connectivity index (χ4v) is 3.64. The molecular formula is C14H25N3O2. The molecule has 3 aliphatic heterocycles. The average molecular weight is 267 g/mol. The van der Waals surface area contributed by atoms with Gasteiger partial charge >= 0.3 is 0 Å². The molecule has 108 valence electrons. The second-order valence-corrected chi connectivity index (χ2v) is 6.25. The maximum atomic E-state index is 12.6. The van der Waals surface area contributed by atoms with Crippen LogP contribution in [0.4, 0.5) is 0 Å². The summed E-state index contributed by atoms with van der Waals surface area (Å²) in [4.78, 5) is 19.3. The minimum Gasteiger partial charge on any atom is -0.366 e. The first-order valence-corrected chi connectivity index (χ1v) is 7.46. The highest BCUT2D eigenvalue weighted by Gasteiger charge is 2.38. The number of carbonyl (C=O) groups is 1. The molecule has 0 saturated carbocycles. The Hall–Kier alpha value is -0.650. The van der Waals surface area contributed by atoms with Gasteiger partial charge in [0.25, 0.3) is 5.91 Å². The summed E-state index contributed by atoms with van der Waals surface area (Å²) >= 11 is 0. The molecule has 3 saturated heterocycles. The number of likely N-dealkylation sites (N-methyl/N-ethyl adjacent to an activating group) is 2. The molecule has 3 rings (SSSR count). The number of ether oxygens (including phenoxy) is 1. The van der Waals surface area contributed by atoms with E-state index >= 15 is 0 Å². The fraction of sp³-hybridized carbons (Fsp3) is 0.929. The molecule has 3 fully saturated rings. The van der Waals surface area contributed by atoms with Gasteiger partial charge < -0.3 is 14.5 Å². The van der Waals surface area contributed by atoms with Crippen LogP contribution in [0.1, 0.15) is 19.3 Å². The number of morpholine rings is 1. The van der Waals surface area contributed by atoms with Crippen LogP contribution in [0, 0.1) is 0 Å². The first kappa shape index (κ1) is 13.3. The highest BCUT2D eigenvalue weighted by Crippen LogP contribution is 2.28. The van der Waals surface area contributed by atoms with Crippen LogP contribution in [-0.2, 0) is 9.53 Å². The Labute approximate surface area is 115 Å². The Morgan fingerprint density at radius 3 is 2.63 bits per heavy atom. The zero-order chi connectivity index (χ0) is 13.4. The number of amides is 1. The molecule has 3 heterocycles. The van der Waals surface area contributed by atoms with Crippen LogP contribution in [0.15, 0.2) is 0 Å². The molecule has 0 radical (unpaired) electrons. The molecule has 0 aliphatic carbocycles. The van der Waals surface area contributed by atoms with Crippen LogP contribution in [0.3, 0.4) is 0 Å². The van der Waals surface area contributed by atoms with Crippen molar-refractivity contribution in [3.8, 4) is 0 Å². The van der Waals surface area contributed by atoms with Crippen LogP contribution >= 0.6 is 0 Å². The molecule has 0 aromatic carbocycles. The van der Waals surface area contributed by atoms with Gasteiger partial charge in [0.05, 0.1) is 6.61 Å². The Morgan fingerprint density at radius 1 is 1.05 bits per heavy atom. The average Bonchev–Trinajstić information content (AvgIpc) is 2.62. The van der Waals surface area contributed by atoms with E-state index in [-0.39, 0.29) is 12.0 Å². The van der Waals surface area contributed by atoms with Crippen molar-refractivity contribution in [2.24, 2.45) is 0 Å². The van der Waals surface area contributed by atoms with Crippen LogP contribution in [-0.4, -0.2) is 85.7 Å². The van der Waals surface area contributed by atoms with Crippen molar-refractivity contribution in [3.63, 3.8) is 0 Å². The second kappa shape index (κ2) is 5.38. The van der Waals surface area contributed by atoms with Gasteiger partial charge in [0, 0.05) is 38.3 Å². The molecule has 1 amide bonds. The Bertz CT molecular complexity index is 350. The first-order chi connectivity index (χ1) is 9.15. The summed E-state index contributed by atoms with van der Waals surface area (Å²) in [5.74, 6) is 0.201. The third-order valence-corrected chi connectivity index (χ3v) is 5.01. The van der Waals surface area contributed by atoms with Gasteiger partial charge in [-0.15, -0.1) is 0 Å². The summed E-state index contributed by atoms with van der Waals surface area (Å²) in [6, 6.07) is 1.23. The van der Waals surface area contributed by atoms with Gasteiger partial charge in [-0.25, -0.2) is 0 Å².